The van der Waals surface area contributed by atoms with Gasteiger partial charge in [-0.15, -0.1) is 25.3 Å². The van der Waals surface area contributed by atoms with Crippen LogP contribution in [0.1, 0.15) is 0 Å². The summed E-state index contributed by atoms with van der Waals surface area (Å²) in [6.07, 6.45) is 0. The highest BCUT2D eigenvalue weighted by atomic mass is 79.9. The monoisotopic (exact) mass is 454 g/mol. The number of hydrogen-bond donors (Lipinski definition) is 2. The molecule has 0 unspecified atom stereocenters. The van der Waals surface area contributed by atoms with Gasteiger partial charge in [-0.2, -0.15) is 0 Å². The van der Waals surface area contributed by atoms with E-state index in [1.165, 1.54) is 0 Å². The molecule has 90 valence electrons. The summed E-state index contributed by atoms with van der Waals surface area (Å²) in [6.45, 7) is 0. The van der Waals surface area contributed by atoms with Crippen LogP contribution < -0.4 is 0 Å². The molecule has 0 saturated carbocycles. The minimum absolute atomic E-state index is 0.926. The van der Waals surface area contributed by atoms with E-state index >= 15 is 0 Å². The van der Waals surface area contributed by atoms with Crippen molar-refractivity contribution in [1.29, 1.82) is 0 Å². The Kier molecular flexibility index (Phi) is 7.26. The molecule has 0 aliphatic heterocycles. The van der Waals surface area contributed by atoms with Crippen LogP contribution in [0.15, 0.2) is 65.7 Å². The summed E-state index contributed by atoms with van der Waals surface area (Å²) in [4.78, 5) is 1.94. The zero-order chi connectivity index (χ0) is 12.8. The largest absolute Gasteiger partial charge is 0.143 e. The lowest BCUT2D eigenvalue weighted by Crippen LogP contribution is -1.72. The summed E-state index contributed by atoms with van der Waals surface area (Å²) in [6, 6.07) is 13.7. The van der Waals surface area contributed by atoms with Crippen LogP contribution >= 0.6 is 73.0 Å². The maximum atomic E-state index is 4.22. The lowest BCUT2D eigenvalue weighted by Gasteiger charge is -1.99. The van der Waals surface area contributed by atoms with E-state index in [1.807, 2.05) is 42.5 Å². The molecule has 0 aliphatic rings. The highest BCUT2D eigenvalue weighted by molar-refractivity contribution is 9.13. The lowest BCUT2D eigenvalue weighted by molar-refractivity contribution is 1.37. The fourth-order valence-corrected chi connectivity index (χ4v) is 2.82. The van der Waals surface area contributed by atoms with Crippen LogP contribution in [-0.2, 0) is 0 Å². The van der Waals surface area contributed by atoms with Gasteiger partial charge in [0.25, 0.3) is 0 Å². The van der Waals surface area contributed by atoms with Gasteiger partial charge in [0.05, 0.1) is 0 Å². The average Bonchev–Trinajstić information content (AvgIpc) is 2.28. The first-order valence-corrected chi connectivity index (χ1v) is 7.85. The topological polar surface area (TPSA) is 0 Å². The van der Waals surface area contributed by atoms with Crippen LogP contribution in [0.25, 0.3) is 0 Å². The molecule has 0 N–H and O–H groups in total. The summed E-state index contributed by atoms with van der Waals surface area (Å²) in [5.74, 6) is 0. The predicted octanol–water partition coefficient (Wildman–Crippen LogP) is 6.24. The molecule has 0 radical (unpaired) electrons. The van der Waals surface area contributed by atoms with E-state index in [0.29, 0.717) is 0 Å². The molecule has 0 atom stereocenters. The van der Waals surface area contributed by atoms with E-state index < -0.39 is 0 Å². The molecular weight excluding hydrogens is 448 g/mol. The van der Waals surface area contributed by atoms with Crippen molar-refractivity contribution < 1.29 is 0 Å². The first-order valence-electron chi connectivity index (χ1n) is 4.58. The van der Waals surface area contributed by atoms with Crippen molar-refractivity contribution in [1.82, 2.24) is 0 Å². The third-order valence-corrected chi connectivity index (χ3v) is 5.22. The second-order valence-corrected chi connectivity index (χ2v) is 6.61. The molecule has 0 spiro atoms. The van der Waals surface area contributed by atoms with Crippen molar-refractivity contribution in [2.45, 2.75) is 9.79 Å². The van der Waals surface area contributed by atoms with Gasteiger partial charge < -0.3 is 0 Å². The number of hydrogen-bond acceptors (Lipinski definition) is 2. The van der Waals surface area contributed by atoms with Crippen molar-refractivity contribution >= 4 is 73.0 Å². The summed E-state index contributed by atoms with van der Waals surface area (Å²) in [7, 11) is 0. The quantitative estimate of drug-likeness (QED) is 0.340. The highest BCUT2D eigenvalue weighted by Crippen LogP contribution is 2.31. The SMILES string of the molecule is Sc1cc(Br)c(Br)cc1Br.Sc1ccccc1. The number of thiol groups is 2. The maximum absolute atomic E-state index is 4.22. The van der Waals surface area contributed by atoms with Gasteiger partial charge in [-0.1, -0.05) is 18.2 Å². The Balaban J connectivity index is 0.000000181. The second-order valence-electron chi connectivity index (χ2n) is 3.05. The van der Waals surface area contributed by atoms with Crippen LogP contribution in [0, 0.1) is 0 Å². The summed E-state index contributed by atoms with van der Waals surface area (Å²) in [5.41, 5.74) is 0. The van der Waals surface area contributed by atoms with Crippen LogP contribution in [-0.4, -0.2) is 0 Å². The van der Waals surface area contributed by atoms with Gasteiger partial charge in [-0.05, 0) is 72.1 Å². The van der Waals surface area contributed by atoms with Gasteiger partial charge in [0.1, 0.15) is 0 Å². The summed E-state index contributed by atoms with van der Waals surface area (Å²) in [5, 5.41) is 0. The number of halogens is 3. The van der Waals surface area contributed by atoms with Crippen molar-refractivity contribution in [3.05, 3.63) is 55.9 Å². The minimum Gasteiger partial charge on any atom is -0.143 e. The molecule has 0 nitrogen and oxygen atoms in total. The molecule has 5 heteroatoms. The van der Waals surface area contributed by atoms with Gasteiger partial charge in [0.15, 0.2) is 0 Å². The van der Waals surface area contributed by atoms with E-state index in [0.717, 1.165) is 23.2 Å². The fourth-order valence-electron chi connectivity index (χ4n) is 0.940. The minimum atomic E-state index is 0.926. The molecule has 0 heterocycles. The summed E-state index contributed by atoms with van der Waals surface area (Å²) >= 11 is 18.4. The Morgan fingerprint density at radius 2 is 1.24 bits per heavy atom. The van der Waals surface area contributed by atoms with Crippen LogP contribution in [0.5, 0.6) is 0 Å². The van der Waals surface area contributed by atoms with Crippen molar-refractivity contribution in [2.75, 3.05) is 0 Å². The molecule has 0 aromatic heterocycles. The molecule has 2 rings (SSSR count). The van der Waals surface area contributed by atoms with Gasteiger partial charge in [-0.25, -0.2) is 0 Å². The third kappa shape index (κ3) is 5.83. The van der Waals surface area contributed by atoms with Crippen LogP contribution in [0.4, 0.5) is 0 Å². The zero-order valence-electron chi connectivity index (χ0n) is 8.57. The number of rotatable bonds is 0. The van der Waals surface area contributed by atoms with E-state index in [2.05, 4.69) is 73.0 Å². The molecule has 0 amide bonds. The van der Waals surface area contributed by atoms with Gasteiger partial charge in [-0.3, -0.25) is 0 Å². The first-order chi connectivity index (χ1) is 8.00. The van der Waals surface area contributed by atoms with E-state index in [-0.39, 0.29) is 0 Å². The van der Waals surface area contributed by atoms with Crippen molar-refractivity contribution in [3.63, 3.8) is 0 Å². The van der Waals surface area contributed by atoms with E-state index in [1.54, 1.807) is 0 Å². The molecule has 17 heavy (non-hydrogen) atoms. The Hall–Kier alpha value is 0.580. The second kappa shape index (κ2) is 7.89. The first kappa shape index (κ1) is 15.6. The Morgan fingerprint density at radius 3 is 1.65 bits per heavy atom. The van der Waals surface area contributed by atoms with Gasteiger partial charge in [0, 0.05) is 23.2 Å². The van der Waals surface area contributed by atoms with E-state index in [9.17, 15) is 0 Å². The molecular formula is C12H9Br3S2. The molecule has 0 saturated heterocycles. The molecule has 0 bridgehead atoms. The normalized spacial score (nSPS) is 9.47. The van der Waals surface area contributed by atoms with Gasteiger partial charge in [0.2, 0.25) is 0 Å². The Bertz CT molecular complexity index is 436. The maximum Gasteiger partial charge on any atom is 0.0329 e. The van der Waals surface area contributed by atoms with Crippen LogP contribution in [0.3, 0.4) is 0 Å². The average molecular weight is 457 g/mol. The predicted molar refractivity (Wildman–Crippen MR) is 90.5 cm³/mol. The van der Waals surface area contributed by atoms with Crippen molar-refractivity contribution in [2.24, 2.45) is 0 Å². The molecule has 0 aliphatic carbocycles. The molecule has 0 fully saturated rings. The number of benzene rings is 2. The Labute approximate surface area is 137 Å². The lowest BCUT2D eigenvalue weighted by atomic mass is 10.4. The van der Waals surface area contributed by atoms with Gasteiger partial charge >= 0.3 is 0 Å². The molecule has 2 aromatic carbocycles. The van der Waals surface area contributed by atoms with Crippen LogP contribution in [0.2, 0.25) is 0 Å². The Morgan fingerprint density at radius 1 is 0.706 bits per heavy atom. The third-order valence-electron chi connectivity index (χ3n) is 1.75. The molecule has 2 aromatic rings. The van der Waals surface area contributed by atoms with E-state index in [4.69, 9.17) is 0 Å². The fraction of sp³-hybridized carbons (Fsp3) is 0. The zero-order valence-corrected chi connectivity index (χ0v) is 15.1. The summed E-state index contributed by atoms with van der Waals surface area (Å²) < 4.78 is 3.03. The standard InChI is InChI=1S/C6H3Br3S.C6H6S/c7-3-1-5(9)6(10)2-4(3)8;7-6-4-2-1-3-5-6/h1-2,10H;1-5,7H. The van der Waals surface area contributed by atoms with Crippen molar-refractivity contribution in [3.8, 4) is 0 Å². The highest BCUT2D eigenvalue weighted by Gasteiger charge is 2.00. The smallest absolute Gasteiger partial charge is 0.0329 e.